The molecule has 0 heterocycles. The highest BCUT2D eigenvalue weighted by Gasteiger charge is 2.16. The zero-order valence-electron chi connectivity index (χ0n) is 13.6. The molecule has 0 aliphatic rings. The van der Waals surface area contributed by atoms with Gasteiger partial charge in [-0.15, -0.1) is 0 Å². The van der Waals surface area contributed by atoms with Crippen LogP contribution >= 0.6 is 23.2 Å². The highest BCUT2D eigenvalue weighted by atomic mass is 35.5. The topological polar surface area (TPSA) is 49.4 Å². The Kier molecular flexibility index (Phi) is 6.79. The van der Waals surface area contributed by atoms with Crippen molar-refractivity contribution in [2.75, 3.05) is 13.1 Å². The van der Waals surface area contributed by atoms with Gasteiger partial charge in [0, 0.05) is 31.6 Å². The van der Waals surface area contributed by atoms with Crippen molar-refractivity contribution in [3.05, 3.63) is 69.5 Å². The van der Waals surface area contributed by atoms with Crippen LogP contribution < -0.4 is 5.32 Å². The number of benzene rings is 2. The van der Waals surface area contributed by atoms with Gasteiger partial charge in [-0.2, -0.15) is 0 Å². The molecule has 132 valence electrons. The lowest BCUT2D eigenvalue weighted by molar-refractivity contribution is -0.129. The van der Waals surface area contributed by atoms with Crippen molar-refractivity contribution in [3.8, 4) is 0 Å². The van der Waals surface area contributed by atoms with Crippen molar-refractivity contribution in [2.45, 2.75) is 13.5 Å². The first-order valence-electron chi connectivity index (χ1n) is 7.60. The number of rotatable bonds is 6. The van der Waals surface area contributed by atoms with Crippen molar-refractivity contribution in [1.29, 1.82) is 0 Å². The van der Waals surface area contributed by atoms with E-state index in [0.29, 0.717) is 11.6 Å². The summed E-state index contributed by atoms with van der Waals surface area (Å²) in [6, 6.07) is 11.2. The molecule has 0 aliphatic carbocycles. The molecule has 0 spiro atoms. The summed E-state index contributed by atoms with van der Waals surface area (Å²) in [5, 5.41) is 3.24. The minimum atomic E-state index is -0.686. The minimum absolute atomic E-state index is 0.0436. The lowest BCUT2D eigenvalue weighted by atomic mass is 10.2. The van der Waals surface area contributed by atoms with E-state index >= 15 is 0 Å². The molecule has 0 radical (unpaired) electrons. The van der Waals surface area contributed by atoms with Crippen LogP contribution in [0, 0.1) is 5.82 Å². The average Bonchev–Trinajstić information content (AvgIpc) is 2.55. The SMILES string of the molecule is CC(=O)N(CCNC(=O)c1c(F)cccc1Cl)Cc1ccc(Cl)cc1. The molecule has 7 heteroatoms. The number of carbonyl (C=O) groups is 2. The van der Waals surface area contributed by atoms with Crippen LogP contribution in [0.1, 0.15) is 22.8 Å². The summed E-state index contributed by atoms with van der Waals surface area (Å²) in [4.78, 5) is 25.4. The molecule has 2 rings (SSSR count). The molecule has 0 unspecified atom stereocenters. The van der Waals surface area contributed by atoms with Crippen LogP contribution in [0.4, 0.5) is 4.39 Å². The number of hydrogen-bond acceptors (Lipinski definition) is 2. The second kappa shape index (κ2) is 8.83. The molecule has 2 amide bonds. The second-order valence-corrected chi connectivity index (χ2v) is 6.26. The van der Waals surface area contributed by atoms with E-state index in [9.17, 15) is 14.0 Å². The third-order valence-corrected chi connectivity index (χ3v) is 4.16. The summed E-state index contributed by atoms with van der Waals surface area (Å²) in [6.07, 6.45) is 0. The van der Waals surface area contributed by atoms with Gasteiger partial charge >= 0.3 is 0 Å². The Morgan fingerprint density at radius 1 is 1.12 bits per heavy atom. The maximum absolute atomic E-state index is 13.7. The Morgan fingerprint density at radius 2 is 1.80 bits per heavy atom. The number of halogens is 3. The van der Waals surface area contributed by atoms with E-state index in [1.807, 2.05) is 12.1 Å². The highest BCUT2D eigenvalue weighted by Crippen LogP contribution is 2.18. The van der Waals surface area contributed by atoms with Gasteiger partial charge in [0.2, 0.25) is 5.91 Å². The second-order valence-electron chi connectivity index (χ2n) is 5.42. The Bertz CT molecular complexity index is 746. The van der Waals surface area contributed by atoms with Gasteiger partial charge in [-0.1, -0.05) is 41.4 Å². The van der Waals surface area contributed by atoms with Gasteiger partial charge in [-0.05, 0) is 29.8 Å². The van der Waals surface area contributed by atoms with Gasteiger partial charge in [0.05, 0.1) is 10.6 Å². The molecule has 0 fully saturated rings. The first kappa shape index (κ1) is 19.2. The predicted octanol–water partition coefficient (Wildman–Crippen LogP) is 3.91. The Hall–Kier alpha value is -2.11. The van der Waals surface area contributed by atoms with Crippen LogP contribution in [0.15, 0.2) is 42.5 Å². The third-order valence-electron chi connectivity index (χ3n) is 3.59. The number of hydrogen-bond donors (Lipinski definition) is 1. The van der Waals surface area contributed by atoms with Crippen molar-refractivity contribution in [1.82, 2.24) is 10.2 Å². The Balaban J connectivity index is 1.94. The molecule has 4 nitrogen and oxygen atoms in total. The summed E-state index contributed by atoms with van der Waals surface area (Å²) >= 11 is 11.7. The van der Waals surface area contributed by atoms with E-state index in [0.717, 1.165) is 5.56 Å². The van der Waals surface area contributed by atoms with Crippen molar-refractivity contribution < 1.29 is 14.0 Å². The smallest absolute Gasteiger partial charge is 0.255 e. The fourth-order valence-electron chi connectivity index (χ4n) is 2.27. The van der Waals surface area contributed by atoms with Crippen LogP contribution in [-0.2, 0) is 11.3 Å². The van der Waals surface area contributed by atoms with E-state index in [1.54, 1.807) is 17.0 Å². The molecular formula is C18H17Cl2FN2O2. The molecule has 2 aromatic carbocycles. The Morgan fingerprint density at radius 3 is 2.40 bits per heavy atom. The largest absolute Gasteiger partial charge is 0.350 e. The fourth-order valence-corrected chi connectivity index (χ4v) is 2.64. The molecular weight excluding hydrogens is 366 g/mol. The molecule has 25 heavy (non-hydrogen) atoms. The van der Waals surface area contributed by atoms with Crippen LogP contribution in [0.5, 0.6) is 0 Å². The molecule has 0 aliphatic heterocycles. The maximum Gasteiger partial charge on any atom is 0.255 e. The normalized spacial score (nSPS) is 10.4. The fraction of sp³-hybridized carbons (Fsp3) is 0.222. The van der Waals surface area contributed by atoms with Crippen LogP contribution in [-0.4, -0.2) is 29.8 Å². The van der Waals surface area contributed by atoms with Gasteiger partial charge in [0.25, 0.3) is 5.91 Å². The third kappa shape index (κ3) is 5.44. The first-order valence-corrected chi connectivity index (χ1v) is 8.36. The number of amides is 2. The molecule has 1 N–H and O–H groups in total. The van der Waals surface area contributed by atoms with Crippen molar-refractivity contribution >= 4 is 35.0 Å². The number of carbonyl (C=O) groups excluding carboxylic acids is 2. The standard InChI is InChI=1S/C18H17Cl2FN2O2/c1-12(24)23(11-13-5-7-14(19)8-6-13)10-9-22-18(25)17-15(20)3-2-4-16(17)21/h2-8H,9-11H2,1H3,(H,22,25). The monoisotopic (exact) mass is 382 g/mol. The maximum atomic E-state index is 13.7. The minimum Gasteiger partial charge on any atom is -0.350 e. The van der Waals surface area contributed by atoms with Crippen molar-refractivity contribution in [2.24, 2.45) is 0 Å². The Labute approximate surface area is 155 Å². The van der Waals surface area contributed by atoms with Crippen LogP contribution in [0.2, 0.25) is 10.0 Å². The van der Waals surface area contributed by atoms with E-state index in [4.69, 9.17) is 23.2 Å². The first-order chi connectivity index (χ1) is 11.9. The molecule has 0 atom stereocenters. The molecule has 0 aromatic heterocycles. The van der Waals surface area contributed by atoms with E-state index in [2.05, 4.69) is 5.32 Å². The van der Waals surface area contributed by atoms with Gasteiger partial charge in [0.15, 0.2) is 0 Å². The molecule has 2 aromatic rings. The molecule has 0 bridgehead atoms. The molecule has 0 saturated heterocycles. The summed E-state index contributed by atoms with van der Waals surface area (Å²) in [5.74, 6) is -1.43. The quantitative estimate of drug-likeness (QED) is 0.822. The van der Waals surface area contributed by atoms with E-state index in [1.165, 1.54) is 25.1 Å². The predicted molar refractivity (Wildman–Crippen MR) is 96.3 cm³/mol. The average molecular weight is 383 g/mol. The summed E-state index contributed by atoms with van der Waals surface area (Å²) in [7, 11) is 0. The van der Waals surface area contributed by atoms with Gasteiger partial charge in [-0.3, -0.25) is 9.59 Å². The summed E-state index contributed by atoms with van der Waals surface area (Å²) in [5.41, 5.74) is 0.722. The zero-order chi connectivity index (χ0) is 18.4. The summed E-state index contributed by atoms with van der Waals surface area (Å²) < 4.78 is 13.7. The van der Waals surface area contributed by atoms with Crippen LogP contribution in [0.3, 0.4) is 0 Å². The van der Waals surface area contributed by atoms with E-state index < -0.39 is 11.7 Å². The van der Waals surface area contributed by atoms with Gasteiger partial charge in [0.1, 0.15) is 5.82 Å². The number of nitrogens with one attached hydrogen (secondary N) is 1. The zero-order valence-corrected chi connectivity index (χ0v) is 15.1. The van der Waals surface area contributed by atoms with Crippen molar-refractivity contribution in [3.63, 3.8) is 0 Å². The highest BCUT2D eigenvalue weighted by molar-refractivity contribution is 6.33. The van der Waals surface area contributed by atoms with Gasteiger partial charge < -0.3 is 10.2 Å². The molecule has 0 saturated carbocycles. The summed E-state index contributed by atoms with van der Waals surface area (Å²) in [6.45, 7) is 2.31. The lowest BCUT2D eigenvalue weighted by Gasteiger charge is -2.21. The van der Waals surface area contributed by atoms with Gasteiger partial charge in [-0.25, -0.2) is 4.39 Å². The number of nitrogens with zero attached hydrogens (tertiary/aromatic N) is 1. The van der Waals surface area contributed by atoms with Crippen LogP contribution in [0.25, 0.3) is 0 Å². The lowest BCUT2D eigenvalue weighted by Crippen LogP contribution is -2.37. The van der Waals surface area contributed by atoms with E-state index in [-0.39, 0.29) is 29.6 Å².